The Kier molecular flexibility index (Phi) is 6.53. The summed E-state index contributed by atoms with van der Waals surface area (Å²) < 4.78 is 33.3. The summed E-state index contributed by atoms with van der Waals surface area (Å²) >= 11 is 3.41. The number of unbranched alkanes of at least 4 members (excludes halogenated alkanes) is 1. The number of aromatic nitrogens is 2. The maximum absolute atomic E-state index is 14.5. The van der Waals surface area contributed by atoms with Gasteiger partial charge in [0.05, 0.1) is 23.0 Å². The molecule has 0 bridgehead atoms. The number of halogens is 2. The topological polar surface area (TPSA) is 115 Å². The molecule has 3 rings (SSSR count). The summed E-state index contributed by atoms with van der Waals surface area (Å²) in [5.41, 5.74) is 7.41. The maximum atomic E-state index is 14.5. The number of anilines is 1. The number of aryl methyl sites for hydroxylation is 1. The minimum atomic E-state index is -4.66. The number of nitrogens with zero attached hydrogens (tertiary/aromatic N) is 2. The Morgan fingerprint density at radius 2 is 2.10 bits per heavy atom. The number of imidazole rings is 1. The second-order valence-electron chi connectivity index (χ2n) is 7.40. The Hall–Kier alpha value is -1.67. The number of benzene rings is 1. The molecular formula is C19H24BrFN3O4P. The molecule has 0 spiro atoms. The van der Waals surface area contributed by atoms with Crippen molar-refractivity contribution in [2.75, 3.05) is 11.1 Å². The number of nitrogen functional groups attached to an aromatic ring is 1. The van der Waals surface area contributed by atoms with Crippen molar-refractivity contribution >= 4 is 45.7 Å². The van der Waals surface area contributed by atoms with Gasteiger partial charge in [-0.1, -0.05) is 29.8 Å². The van der Waals surface area contributed by atoms with E-state index < -0.39 is 18.9 Å². The average molecular weight is 488 g/mol. The van der Waals surface area contributed by atoms with E-state index in [-0.39, 0.29) is 17.2 Å². The van der Waals surface area contributed by atoms with Crippen LogP contribution in [-0.2, 0) is 17.5 Å². The third-order valence-electron chi connectivity index (χ3n) is 4.61. The molecule has 4 N–H and O–H groups in total. The van der Waals surface area contributed by atoms with Gasteiger partial charge in [0.1, 0.15) is 17.2 Å². The molecule has 7 nitrogen and oxygen atoms in total. The molecule has 0 aliphatic carbocycles. The van der Waals surface area contributed by atoms with Crippen molar-refractivity contribution in [1.29, 1.82) is 0 Å². The highest BCUT2D eigenvalue weighted by atomic mass is 79.9. The van der Waals surface area contributed by atoms with Gasteiger partial charge in [0.25, 0.3) is 0 Å². The van der Waals surface area contributed by atoms with Crippen molar-refractivity contribution in [2.24, 2.45) is 5.92 Å². The van der Waals surface area contributed by atoms with Crippen LogP contribution in [0.25, 0.3) is 22.4 Å². The molecular weight excluding hydrogens is 464 g/mol. The maximum Gasteiger partial charge on any atom is 0.391 e. The van der Waals surface area contributed by atoms with Crippen molar-refractivity contribution in [3.8, 4) is 11.4 Å². The molecule has 0 aliphatic rings. The number of furan rings is 1. The quantitative estimate of drug-likeness (QED) is 0.190. The fourth-order valence-electron chi connectivity index (χ4n) is 3.42. The van der Waals surface area contributed by atoms with E-state index in [1.165, 1.54) is 18.4 Å². The molecule has 3 aromatic rings. The first-order valence-corrected chi connectivity index (χ1v) is 12.1. The number of hydrogen-bond donors (Lipinski definition) is 3. The number of alkyl halides is 1. The Labute approximate surface area is 176 Å². The summed E-state index contributed by atoms with van der Waals surface area (Å²) in [5.74, 6) is -0.0347. The number of rotatable bonds is 8. The lowest BCUT2D eigenvalue weighted by Crippen LogP contribution is -2.11. The molecule has 0 unspecified atom stereocenters. The van der Waals surface area contributed by atoms with Crippen LogP contribution in [0.15, 0.2) is 22.8 Å². The van der Waals surface area contributed by atoms with Crippen molar-refractivity contribution in [3.05, 3.63) is 29.8 Å². The van der Waals surface area contributed by atoms with Crippen LogP contribution >= 0.6 is 23.5 Å². The Morgan fingerprint density at radius 1 is 1.38 bits per heavy atom. The molecule has 29 heavy (non-hydrogen) atoms. The van der Waals surface area contributed by atoms with Crippen LogP contribution in [0.5, 0.6) is 0 Å². The van der Waals surface area contributed by atoms with Gasteiger partial charge in [-0.2, -0.15) is 0 Å². The van der Waals surface area contributed by atoms with Gasteiger partial charge >= 0.3 is 7.60 Å². The van der Waals surface area contributed by atoms with Gasteiger partial charge in [-0.3, -0.25) is 4.57 Å². The molecule has 1 aromatic carbocycles. The standard InChI is InChI=1S/C19H24BrFN3O4P/c1-11(2)10-24-17-12(5-3-4-7-20)9-14(21)15(22)16(17)23-18(24)13-6-8-28-19(13)29(25,26)27/h6,8-9,11H,3-5,7,10,22H2,1-2H3,(H2,25,26,27). The van der Waals surface area contributed by atoms with Gasteiger partial charge in [-0.05, 0) is 42.9 Å². The molecule has 2 aromatic heterocycles. The highest BCUT2D eigenvalue weighted by Gasteiger charge is 2.30. The zero-order valence-electron chi connectivity index (χ0n) is 16.2. The third kappa shape index (κ3) is 4.43. The molecule has 10 heteroatoms. The van der Waals surface area contributed by atoms with Gasteiger partial charge in [-0.25, -0.2) is 9.37 Å². The molecule has 0 saturated heterocycles. The van der Waals surface area contributed by atoms with Crippen LogP contribution in [0.3, 0.4) is 0 Å². The van der Waals surface area contributed by atoms with E-state index in [4.69, 9.17) is 10.2 Å². The fourth-order valence-corrected chi connectivity index (χ4v) is 4.51. The van der Waals surface area contributed by atoms with Crippen LogP contribution in [0.2, 0.25) is 0 Å². The molecule has 2 heterocycles. The molecule has 0 saturated carbocycles. The highest BCUT2D eigenvalue weighted by Crippen LogP contribution is 2.40. The van der Waals surface area contributed by atoms with Crippen molar-refractivity contribution in [1.82, 2.24) is 9.55 Å². The van der Waals surface area contributed by atoms with Crippen LogP contribution in [0, 0.1) is 11.7 Å². The summed E-state index contributed by atoms with van der Waals surface area (Å²) in [4.78, 5) is 23.8. The second-order valence-corrected chi connectivity index (χ2v) is 9.69. The molecule has 0 fully saturated rings. The predicted molar refractivity (Wildman–Crippen MR) is 115 cm³/mol. The summed E-state index contributed by atoms with van der Waals surface area (Å²) in [6, 6.07) is 2.90. The van der Waals surface area contributed by atoms with E-state index in [1.54, 1.807) is 0 Å². The first kappa shape index (κ1) is 22.0. The fraction of sp³-hybridized carbons (Fsp3) is 0.421. The lowest BCUT2D eigenvalue weighted by atomic mass is 10.0. The van der Waals surface area contributed by atoms with Crippen LogP contribution in [0.1, 0.15) is 32.3 Å². The summed E-state index contributed by atoms with van der Waals surface area (Å²) in [6.45, 7) is 4.56. The number of fused-ring (bicyclic) bond motifs is 1. The van der Waals surface area contributed by atoms with Gasteiger partial charge in [0.15, 0.2) is 0 Å². The van der Waals surface area contributed by atoms with Crippen molar-refractivity contribution < 1.29 is 23.2 Å². The van der Waals surface area contributed by atoms with Crippen LogP contribution in [0.4, 0.5) is 10.1 Å². The Morgan fingerprint density at radius 3 is 2.72 bits per heavy atom. The predicted octanol–water partition coefficient (Wildman–Crippen LogP) is 4.19. The average Bonchev–Trinajstić information content (AvgIpc) is 3.24. The molecule has 0 amide bonds. The van der Waals surface area contributed by atoms with Gasteiger partial charge in [0, 0.05) is 11.9 Å². The van der Waals surface area contributed by atoms with Crippen LogP contribution in [-0.4, -0.2) is 24.7 Å². The number of nitrogens with two attached hydrogens (primary N) is 1. The van der Waals surface area contributed by atoms with E-state index in [0.29, 0.717) is 29.8 Å². The first-order valence-electron chi connectivity index (χ1n) is 9.32. The monoisotopic (exact) mass is 487 g/mol. The van der Waals surface area contributed by atoms with E-state index in [1.807, 2.05) is 18.4 Å². The molecule has 0 atom stereocenters. The van der Waals surface area contributed by atoms with Gasteiger partial charge in [0.2, 0.25) is 5.50 Å². The van der Waals surface area contributed by atoms with Crippen LogP contribution < -0.4 is 11.2 Å². The first-order chi connectivity index (χ1) is 13.6. The SMILES string of the molecule is CC(C)Cn1c(-c2ccoc2P(=O)(O)O)nc2c(N)c(F)cc(CCCCBr)c21. The Balaban J connectivity index is 2.31. The highest BCUT2D eigenvalue weighted by molar-refractivity contribution is 9.09. The van der Waals surface area contributed by atoms with E-state index in [9.17, 15) is 18.7 Å². The summed E-state index contributed by atoms with van der Waals surface area (Å²) in [5, 5.41) is 0.852. The van der Waals surface area contributed by atoms with E-state index in [0.717, 1.165) is 23.7 Å². The molecule has 0 aliphatic heterocycles. The smallest absolute Gasteiger partial charge is 0.391 e. The molecule has 158 valence electrons. The zero-order chi connectivity index (χ0) is 21.3. The lowest BCUT2D eigenvalue weighted by Gasteiger charge is -2.15. The summed E-state index contributed by atoms with van der Waals surface area (Å²) in [7, 11) is -4.66. The Bertz CT molecular complexity index is 1070. The van der Waals surface area contributed by atoms with Gasteiger partial charge < -0.3 is 24.5 Å². The van der Waals surface area contributed by atoms with Crippen molar-refractivity contribution in [2.45, 2.75) is 39.7 Å². The van der Waals surface area contributed by atoms with E-state index >= 15 is 0 Å². The van der Waals surface area contributed by atoms with Crippen molar-refractivity contribution in [3.63, 3.8) is 0 Å². The van der Waals surface area contributed by atoms with Gasteiger partial charge in [-0.15, -0.1) is 0 Å². The number of hydrogen-bond acceptors (Lipinski definition) is 4. The third-order valence-corrected chi connectivity index (χ3v) is 6.05. The zero-order valence-corrected chi connectivity index (χ0v) is 18.7. The molecule has 0 radical (unpaired) electrons. The summed E-state index contributed by atoms with van der Waals surface area (Å²) in [6.07, 6.45) is 3.64. The minimum absolute atomic E-state index is 0.0748. The second kappa shape index (κ2) is 8.60. The largest absolute Gasteiger partial charge is 0.456 e. The lowest BCUT2D eigenvalue weighted by molar-refractivity contribution is 0.376. The normalized spacial score (nSPS) is 12.4. The van der Waals surface area contributed by atoms with E-state index in [2.05, 4.69) is 20.9 Å². The minimum Gasteiger partial charge on any atom is -0.456 e.